The van der Waals surface area contributed by atoms with Crippen molar-refractivity contribution in [3.05, 3.63) is 12.7 Å². The topological polar surface area (TPSA) is 74.2 Å². The molecule has 0 aromatic carbocycles. The van der Waals surface area contributed by atoms with Gasteiger partial charge < -0.3 is 24.1 Å². The van der Waals surface area contributed by atoms with E-state index in [9.17, 15) is 9.90 Å². The number of carboxylic acids is 1. The molecule has 0 spiro atoms. The number of methoxy groups -OCH3 is 1. The van der Waals surface area contributed by atoms with Crippen LogP contribution in [0.25, 0.3) is 0 Å². The van der Waals surface area contributed by atoms with E-state index in [1.54, 1.807) is 6.08 Å². The SMILES string of the molecule is C=CC[C@@H](C[C@H]1O[C@@H](OC)C2OC(C)(C)OC21)C(=O)O. The standard InChI is InChI=1S/C14H22O6/c1-5-6-8(12(15)16)7-9-10-11(13(17-4)18-9)20-14(2,3)19-10/h5,8-11,13H,1,6-7H2,2-4H3,(H,15,16)/t8-,9+,10?,11?,13+/m0/s1. The van der Waals surface area contributed by atoms with E-state index in [0.717, 1.165) is 0 Å². The van der Waals surface area contributed by atoms with Crippen LogP contribution in [0.15, 0.2) is 12.7 Å². The van der Waals surface area contributed by atoms with Crippen molar-refractivity contribution < 1.29 is 28.8 Å². The fourth-order valence-corrected chi connectivity index (χ4v) is 2.80. The van der Waals surface area contributed by atoms with E-state index in [1.165, 1.54) is 7.11 Å². The molecule has 2 unspecified atom stereocenters. The summed E-state index contributed by atoms with van der Waals surface area (Å²) in [5.41, 5.74) is 0. The van der Waals surface area contributed by atoms with Gasteiger partial charge in [-0.05, 0) is 26.7 Å². The zero-order chi connectivity index (χ0) is 14.9. The van der Waals surface area contributed by atoms with Gasteiger partial charge in [0.15, 0.2) is 12.1 Å². The van der Waals surface area contributed by atoms with Gasteiger partial charge in [-0.25, -0.2) is 0 Å². The summed E-state index contributed by atoms with van der Waals surface area (Å²) >= 11 is 0. The van der Waals surface area contributed by atoms with Crippen molar-refractivity contribution in [1.29, 1.82) is 0 Å². The van der Waals surface area contributed by atoms with Crippen molar-refractivity contribution in [2.75, 3.05) is 7.11 Å². The first-order valence-electron chi connectivity index (χ1n) is 6.75. The summed E-state index contributed by atoms with van der Waals surface area (Å²) < 4.78 is 22.6. The van der Waals surface area contributed by atoms with Crippen LogP contribution < -0.4 is 0 Å². The minimum Gasteiger partial charge on any atom is -0.481 e. The molecule has 5 atom stereocenters. The number of hydrogen-bond acceptors (Lipinski definition) is 5. The van der Waals surface area contributed by atoms with E-state index in [4.69, 9.17) is 18.9 Å². The number of fused-ring (bicyclic) bond motifs is 1. The van der Waals surface area contributed by atoms with E-state index in [-0.39, 0.29) is 18.3 Å². The normalized spacial score (nSPS) is 36.5. The zero-order valence-electron chi connectivity index (χ0n) is 12.1. The molecule has 0 aromatic heterocycles. The largest absolute Gasteiger partial charge is 0.481 e. The van der Waals surface area contributed by atoms with Gasteiger partial charge in [-0.15, -0.1) is 6.58 Å². The van der Waals surface area contributed by atoms with E-state index in [2.05, 4.69) is 6.58 Å². The fraction of sp³-hybridized carbons (Fsp3) is 0.786. The lowest BCUT2D eigenvalue weighted by molar-refractivity contribution is -0.228. The fourth-order valence-electron chi connectivity index (χ4n) is 2.80. The Balaban J connectivity index is 2.08. The molecule has 0 radical (unpaired) electrons. The lowest BCUT2D eigenvalue weighted by atomic mass is 9.95. The molecule has 6 nitrogen and oxygen atoms in total. The van der Waals surface area contributed by atoms with Crippen LogP contribution in [-0.2, 0) is 23.7 Å². The summed E-state index contributed by atoms with van der Waals surface area (Å²) in [6, 6.07) is 0. The van der Waals surface area contributed by atoms with E-state index < -0.39 is 24.0 Å². The van der Waals surface area contributed by atoms with Gasteiger partial charge >= 0.3 is 5.97 Å². The third-order valence-corrected chi connectivity index (χ3v) is 3.66. The maximum atomic E-state index is 11.2. The second-order valence-corrected chi connectivity index (χ2v) is 5.64. The lowest BCUT2D eigenvalue weighted by Gasteiger charge is -2.24. The number of rotatable bonds is 6. The van der Waals surface area contributed by atoms with Crippen LogP contribution in [0.3, 0.4) is 0 Å². The molecule has 2 aliphatic heterocycles. The zero-order valence-corrected chi connectivity index (χ0v) is 12.1. The van der Waals surface area contributed by atoms with Crippen molar-refractivity contribution >= 4 is 5.97 Å². The lowest BCUT2D eigenvalue weighted by Crippen LogP contribution is -2.32. The predicted molar refractivity (Wildman–Crippen MR) is 70.1 cm³/mol. The molecule has 0 saturated carbocycles. The Morgan fingerprint density at radius 1 is 1.45 bits per heavy atom. The highest BCUT2D eigenvalue weighted by Gasteiger charge is 2.55. The van der Waals surface area contributed by atoms with Crippen LogP contribution in [0.5, 0.6) is 0 Å². The highest BCUT2D eigenvalue weighted by molar-refractivity contribution is 5.70. The molecule has 1 N–H and O–H groups in total. The Hall–Kier alpha value is -0.950. The number of carbonyl (C=O) groups is 1. The maximum Gasteiger partial charge on any atom is 0.306 e. The van der Waals surface area contributed by atoms with Gasteiger partial charge in [-0.1, -0.05) is 6.08 Å². The molecule has 2 saturated heterocycles. The van der Waals surface area contributed by atoms with Gasteiger partial charge in [0.1, 0.15) is 12.2 Å². The molecule has 0 bridgehead atoms. The van der Waals surface area contributed by atoms with Crippen molar-refractivity contribution in [2.24, 2.45) is 5.92 Å². The Kier molecular flexibility index (Phi) is 4.49. The minimum absolute atomic E-state index is 0.304. The number of hydrogen-bond donors (Lipinski definition) is 1. The first-order valence-corrected chi connectivity index (χ1v) is 6.75. The van der Waals surface area contributed by atoms with Crippen LogP contribution in [-0.4, -0.2) is 48.6 Å². The van der Waals surface area contributed by atoms with Crippen molar-refractivity contribution in [3.8, 4) is 0 Å². The van der Waals surface area contributed by atoms with Crippen LogP contribution in [0, 0.1) is 5.92 Å². The molecule has 20 heavy (non-hydrogen) atoms. The van der Waals surface area contributed by atoms with E-state index in [0.29, 0.717) is 12.8 Å². The van der Waals surface area contributed by atoms with Crippen LogP contribution >= 0.6 is 0 Å². The quantitative estimate of drug-likeness (QED) is 0.747. The Labute approximate surface area is 118 Å². The molecular weight excluding hydrogens is 264 g/mol. The Morgan fingerprint density at radius 3 is 2.65 bits per heavy atom. The molecule has 6 heteroatoms. The summed E-state index contributed by atoms with van der Waals surface area (Å²) in [5, 5.41) is 9.22. The molecule has 0 aliphatic carbocycles. The summed E-state index contributed by atoms with van der Waals surface area (Å²) in [5.74, 6) is -2.10. The monoisotopic (exact) mass is 286 g/mol. The second kappa shape index (κ2) is 5.81. The molecule has 114 valence electrons. The molecule has 2 heterocycles. The molecule has 0 aromatic rings. The Morgan fingerprint density at radius 2 is 2.10 bits per heavy atom. The second-order valence-electron chi connectivity index (χ2n) is 5.64. The van der Waals surface area contributed by atoms with E-state index >= 15 is 0 Å². The molecule has 2 rings (SSSR count). The summed E-state index contributed by atoms with van der Waals surface area (Å²) in [6.45, 7) is 7.25. The minimum atomic E-state index is -0.857. The van der Waals surface area contributed by atoms with Crippen molar-refractivity contribution in [1.82, 2.24) is 0 Å². The van der Waals surface area contributed by atoms with Gasteiger partial charge in [-0.2, -0.15) is 0 Å². The van der Waals surface area contributed by atoms with Gasteiger partial charge in [0, 0.05) is 7.11 Å². The van der Waals surface area contributed by atoms with Gasteiger partial charge in [0.2, 0.25) is 0 Å². The summed E-state index contributed by atoms with van der Waals surface area (Å²) in [7, 11) is 1.54. The predicted octanol–water partition coefficient (Wildman–Crippen LogP) is 1.54. The van der Waals surface area contributed by atoms with Gasteiger partial charge in [0.25, 0.3) is 0 Å². The molecular formula is C14H22O6. The smallest absolute Gasteiger partial charge is 0.306 e. The summed E-state index contributed by atoms with van der Waals surface area (Å²) in [4.78, 5) is 11.2. The van der Waals surface area contributed by atoms with Gasteiger partial charge in [0.05, 0.1) is 12.0 Å². The highest BCUT2D eigenvalue weighted by atomic mass is 16.8. The van der Waals surface area contributed by atoms with Crippen LogP contribution in [0.1, 0.15) is 26.7 Å². The third kappa shape index (κ3) is 3.03. The van der Waals surface area contributed by atoms with Gasteiger partial charge in [-0.3, -0.25) is 4.79 Å². The third-order valence-electron chi connectivity index (χ3n) is 3.66. The van der Waals surface area contributed by atoms with E-state index in [1.807, 2.05) is 13.8 Å². The van der Waals surface area contributed by atoms with Crippen LogP contribution in [0.4, 0.5) is 0 Å². The average molecular weight is 286 g/mol. The van der Waals surface area contributed by atoms with Crippen LogP contribution in [0.2, 0.25) is 0 Å². The van der Waals surface area contributed by atoms with Crippen molar-refractivity contribution in [3.63, 3.8) is 0 Å². The maximum absolute atomic E-state index is 11.2. The Bertz CT molecular complexity index is 380. The number of aliphatic carboxylic acids is 1. The first-order chi connectivity index (χ1) is 9.38. The summed E-state index contributed by atoms with van der Waals surface area (Å²) in [6.07, 6.45) is 0.850. The number of carboxylic acid groups (broad SMARTS) is 1. The first kappa shape index (κ1) is 15.4. The molecule has 0 amide bonds. The molecule has 2 fully saturated rings. The number of allylic oxidation sites excluding steroid dienone is 1. The number of ether oxygens (including phenoxy) is 4. The average Bonchev–Trinajstić information content (AvgIpc) is 2.82. The van der Waals surface area contributed by atoms with Crippen molar-refractivity contribution in [2.45, 2.75) is 57.1 Å². The highest BCUT2D eigenvalue weighted by Crippen LogP contribution is 2.40. The molecule has 2 aliphatic rings.